The van der Waals surface area contributed by atoms with Gasteiger partial charge in [-0.05, 0) is 43.9 Å². The predicted molar refractivity (Wildman–Crippen MR) is 88.9 cm³/mol. The third kappa shape index (κ3) is 4.47. The third-order valence-electron chi connectivity index (χ3n) is 4.67. The molecule has 1 atom stereocenters. The predicted octanol–water partition coefficient (Wildman–Crippen LogP) is 2.53. The first-order chi connectivity index (χ1) is 11.5. The van der Waals surface area contributed by atoms with E-state index < -0.39 is 5.97 Å². The zero-order chi connectivity index (χ0) is 17.6. The number of ether oxygens (including phenoxy) is 2. The van der Waals surface area contributed by atoms with E-state index in [0.717, 1.165) is 31.2 Å². The van der Waals surface area contributed by atoms with Gasteiger partial charge in [0, 0.05) is 13.7 Å². The molecule has 0 spiro atoms. The van der Waals surface area contributed by atoms with Crippen LogP contribution in [-0.2, 0) is 14.3 Å². The molecular formula is C18H25NO5. The van der Waals surface area contributed by atoms with Gasteiger partial charge >= 0.3 is 5.97 Å². The lowest BCUT2D eigenvalue weighted by Crippen LogP contribution is -2.47. The average molecular weight is 335 g/mol. The molecule has 1 amide bonds. The molecule has 1 aliphatic rings. The standard InChI is InChI=1S/C18H25NO5/c1-13(14-4-6-15(7-5-14)24-12-16(20)21)19-17(22)18(8-3-9-18)10-11-23-2/h4-7,13H,3,8-12H2,1-2H3,(H,19,22)(H,20,21). The smallest absolute Gasteiger partial charge is 0.341 e. The molecule has 6 nitrogen and oxygen atoms in total. The van der Waals surface area contributed by atoms with Crippen molar-refractivity contribution in [2.45, 2.75) is 38.6 Å². The first kappa shape index (κ1) is 18.3. The normalized spacial score (nSPS) is 16.8. The van der Waals surface area contributed by atoms with Crippen molar-refractivity contribution in [2.24, 2.45) is 5.41 Å². The monoisotopic (exact) mass is 335 g/mol. The van der Waals surface area contributed by atoms with Gasteiger partial charge in [0.1, 0.15) is 5.75 Å². The highest BCUT2D eigenvalue weighted by Crippen LogP contribution is 2.44. The van der Waals surface area contributed by atoms with Crippen molar-refractivity contribution in [3.8, 4) is 5.75 Å². The van der Waals surface area contributed by atoms with Gasteiger partial charge in [-0.25, -0.2) is 4.79 Å². The van der Waals surface area contributed by atoms with Gasteiger partial charge < -0.3 is 19.9 Å². The van der Waals surface area contributed by atoms with Crippen LogP contribution in [-0.4, -0.2) is 37.3 Å². The summed E-state index contributed by atoms with van der Waals surface area (Å²) in [5.41, 5.74) is 0.668. The maximum atomic E-state index is 12.6. The second-order valence-corrected chi connectivity index (χ2v) is 6.32. The molecule has 0 aliphatic heterocycles. The number of carbonyl (C=O) groups is 2. The lowest BCUT2D eigenvalue weighted by molar-refractivity contribution is -0.139. The van der Waals surface area contributed by atoms with Gasteiger partial charge in [0.05, 0.1) is 11.5 Å². The number of benzene rings is 1. The molecule has 1 aromatic rings. The topological polar surface area (TPSA) is 84.9 Å². The number of amides is 1. The Morgan fingerprint density at radius 2 is 1.96 bits per heavy atom. The molecule has 0 heterocycles. The lowest BCUT2D eigenvalue weighted by Gasteiger charge is -2.41. The summed E-state index contributed by atoms with van der Waals surface area (Å²) in [5.74, 6) is -0.429. The Bertz CT molecular complexity index is 565. The lowest BCUT2D eigenvalue weighted by atomic mass is 9.66. The fraction of sp³-hybridized carbons (Fsp3) is 0.556. The van der Waals surface area contributed by atoms with Crippen LogP contribution in [0.2, 0.25) is 0 Å². The number of carboxylic acid groups (broad SMARTS) is 1. The number of methoxy groups -OCH3 is 1. The molecule has 0 aromatic heterocycles. The van der Waals surface area contributed by atoms with Gasteiger partial charge in [0.25, 0.3) is 0 Å². The number of hydrogen-bond donors (Lipinski definition) is 2. The largest absolute Gasteiger partial charge is 0.482 e. The van der Waals surface area contributed by atoms with Gasteiger partial charge in [-0.15, -0.1) is 0 Å². The number of aliphatic carboxylic acids is 1. The summed E-state index contributed by atoms with van der Waals surface area (Å²) >= 11 is 0. The fourth-order valence-electron chi connectivity index (χ4n) is 2.92. The highest BCUT2D eigenvalue weighted by Gasteiger charge is 2.43. The van der Waals surface area contributed by atoms with Crippen LogP contribution in [0.1, 0.15) is 44.2 Å². The fourth-order valence-corrected chi connectivity index (χ4v) is 2.92. The summed E-state index contributed by atoms with van der Waals surface area (Å²) in [5, 5.41) is 11.7. The average Bonchev–Trinajstić information content (AvgIpc) is 2.52. The van der Waals surface area contributed by atoms with E-state index in [-0.39, 0.29) is 24.0 Å². The van der Waals surface area contributed by atoms with Crippen LogP contribution in [0.25, 0.3) is 0 Å². The third-order valence-corrected chi connectivity index (χ3v) is 4.67. The Kier molecular flexibility index (Phi) is 6.20. The minimum absolute atomic E-state index is 0.0875. The second kappa shape index (κ2) is 8.15. The molecule has 2 N–H and O–H groups in total. The highest BCUT2D eigenvalue weighted by atomic mass is 16.5. The number of carbonyl (C=O) groups excluding carboxylic acids is 1. The van der Waals surface area contributed by atoms with E-state index in [0.29, 0.717) is 12.4 Å². The van der Waals surface area contributed by atoms with E-state index >= 15 is 0 Å². The number of rotatable bonds is 9. The molecule has 0 radical (unpaired) electrons. The van der Waals surface area contributed by atoms with Crippen LogP contribution in [0.4, 0.5) is 0 Å². The van der Waals surface area contributed by atoms with Crippen LogP contribution < -0.4 is 10.1 Å². The number of carboxylic acids is 1. The number of hydrogen-bond acceptors (Lipinski definition) is 4. The zero-order valence-corrected chi connectivity index (χ0v) is 14.2. The first-order valence-electron chi connectivity index (χ1n) is 8.21. The molecule has 0 saturated heterocycles. The van der Waals surface area contributed by atoms with E-state index in [1.807, 2.05) is 19.1 Å². The molecule has 132 valence electrons. The van der Waals surface area contributed by atoms with Crippen LogP contribution in [0.3, 0.4) is 0 Å². The summed E-state index contributed by atoms with van der Waals surface area (Å²) in [6.45, 7) is 2.17. The molecule has 1 saturated carbocycles. The van der Waals surface area contributed by atoms with E-state index in [1.54, 1.807) is 19.2 Å². The van der Waals surface area contributed by atoms with Gasteiger partial charge in [0.15, 0.2) is 6.61 Å². The Labute approximate surface area is 142 Å². The second-order valence-electron chi connectivity index (χ2n) is 6.32. The van der Waals surface area contributed by atoms with Gasteiger partial charge in [-0.2, -0.15) is 0 Å². The molecule has 0 bridgehead atoms. The summed E-state index contributed by atoms with van der Waals surface area (Å²) in [4.78, 5) is 23.1. The maximum Gasteiger partial charge on any atom is 0.341 e. The van der Waals surface area contributed by atoms with Crippen molar-refractivity contribution in [1.29, 1.82) is 0 Å². The molecule has 1 unspecified atom stereocenters. The quantitative estimate of drug-likeness (QED) is 0.724. The van der Waals surface area contributed by atoms with Crippen molar-refractivity contribution in [3.05, 3.63) is 29.8 Å². The maximum absolute atomic E-state index is 12.6. The minimum atomic E-state index is -1.01. The molecule has 1 fully saturated rings. The molecule has 1 aliphatic carbocycles. The van der Waals surface area contributed by atoms with Gasteiger partial charge in [-0.1, -0.05) is 18.6 Å². The Balaban J connectivity index is 1.92. The molecule has 24 heavy (non-hydrogen) atoms. The Morgan fingerprint density at radius 3 is 2.46 bits per heavy atom. The van der Waals surface area contributed by atoms with Crippen molar-refractivity contribution in [3.63, 3.8) is 0 Å². The van der Waals surface area contributed by atoms with E-state index in [1.165, 1.54) is 0 Å². The molecular weight excluding hydrogens is 310 g/mol. The first-order valence-corrected chi connectivity index (χ1v) is 8.21. The molecule has 1 aromatic carbocycles. The van der Waals surface area contributed by atoms with E-state index in [9.17, 15) is 9.59 Å². The van der Waals surface area contributed by atoms with Crippen LogP contribution >= 0.6 is 0 Å². The number of nitrogens with one attached hydrogen (secondary N) is 1. The summed E-state index contributed by atoms with van der Waals surface area (Å²) in [7, 11) is 1.65. The SMILES string of the molecule is COCCC1(C(=O)NC(C)c2ccc(OCC(=O)O)cc2)CCC1. The Hall–Kier alpha value is -2.08. The highest BCUT2D eigenvalue weighted by molar-refractivity contribution is 5.83. The van der Waals surface area contributed by atoms with Crippen molar-refractivity contribution in [2.75, 3.05) is 20.3 Å². The van der Waals surface area contributed by atoms with Crippen LogP contribution in [0.5, 0.6) is 5.75 Å². The van der Waals surface area contributed by atoms with E-state index in [4.69, 9.17) is 14.6 Å². The summed E-state index contributed by atoms with van der Waals surface area (Å²) < 4.78 is 10.2. The van der Waals surface area contributed by atoms with E-state index in [2.05, 4.69) is 5.32 Å². The summed E-state index contributed by atoms with van der Waals surface area (Å²) in [6, 6.07) is 6.98. The van der Waals surface area contributed by atoms with Crippen molar-refractivity contribution >= 4 is 11.9 Å². The van der Waals surface area contributed by atoms with Crippen molar-refractivity contribution < 1.29 is 24.2 Å². The zero-order valence-electron chi connectivity index (χ0n) is 14.2. The minimum Gasteiger partial charge on any atom is -0.482 e. The van der Waals surface area contributed by atoms with Crippen LogP contribution in [0.15, 0.2) is 24.3 Å². The molecule has 2 rings (SSSR count). The van der Waals surface area contributed by atoms with Gasteiger partial charge in [-0.3, -0.25) is 4.79 Å². The van der Waals surface area contributed by atoms with Crippen molar-refractivity contribution in [1.82, 2.24) is 5.32 Å². The molecule has 6 heteroatoms. The summed E-state index contributed by atoms with van der Waals surface area (Å²) in [6.07, 6.45) is 3.67. The van der Waals surface area contributed by atoms with Gasteiger partial charge in [0.2, 0.25) is 5.91 Å². The Morgan fingerprint density at radius 1 is 1.29 bits per heavy atom. The van der Waals surface area contributed by atoms with Crippen LogP contribution in [0, 0.1) is 5.41 Å².